The highest BCUT2D eigenvalue weighted by molar-refractivity contribution is 5.84. The summed E-state index contributed by atoms with van der Waals surface area (Å²) in [6.45, 7) is 8.97. The van der Waals surface area contributed by atoms with Crippen LogP contribution in [0.5, 0.6) is 0 Å². The first-order valence-electron chi connectivity index (χ1n) is 8.41. The maximum atomic E-state index is 12.5. The molecule has 0 atom stereocenters. The number of fused-ring (bicyclic) bond motifs is 1. The molecule has 1 fully saturated rings. The van der Waals surface area contributed by atoms with Gasteiger partial charge in [-0.15, -0.1) is 0 Å². The summed E-state index contributed by atoms with van der Waals surface area (Å²) in [5.74, 6) is 1.54. The van der Waals surface area contributed by atoms with Gasteiger partial charge in [-0.25, -0.2) is 0 Å². The van der Waals surface area contributed by atoms with Crippen LogP contribution in [0.2, 0.25) is 0 Å². The molecule has 118 valence electrons. The Labute approximate surface area is 132 Å². The van der Waals surface area contributed by atoms with Crippen molar-refractivity contribution in [1.82, 2.24) is 9.47 Å². The highest BCUT2D eigenvalue weighted by Gasteiger charge is 2.20. The normalized spacial score (nSPS) is 16.6. The van der Waals surface area contributed by atoms with Crippen LogP contribution in [0.3, 0.4) is 0 Å². The van der Waals surface area contributed by atoms with Gasteiger partial charge in [-0.1, -0.05) is 26.8 Å². The van der Waals surface area contributed by atoms with E-state index in [-0.39, 0.29) is 5.91 Å². The average molecular weight is 298 g/mol. The maximum Gasteiger partial charge on any atom is 0.242 e. The topological polar surface area (TPSA) is 25.2 Å². The summed E-state index contributed by atoms with van der Waals surface area (Å²) in [5.41, 5.74) is 2.50. The van der Waals surface area contributed by atoms with Crippen LogP contribution in [0.1, 0.15) is 45.1 Å². The Morgan fingerprint density at radius 3 is 2.64 bits per heavy atom. The second-order valence-corrected chi connectivity index (χ2v) is 6.98. The van der Waals surface area contributed by atoms with Crippen molar-refractivity contribution >= 4 is 16.8 Å². The quantitative estimate of drug-likeness (QED) is 0.840. The molecule has 3 nitrogen and oxygen atoms in total. The van der Waals surface area contributed by atoms with Gasteiger partial charge < -0.3 is 9.47 Å². The van der Waals surface area contributed by atoms with Crippen LogP contribution in [0.4, 0.5) is 0 Å². The third-order valence-corrected chi connectivity index (χ3v) is 4.90. The fraction of sp³-hybridized carbons (Fsp3) is 0.526. The van der Waals surface area contributed by atoms with Crippen molar-refractivity contribution in [1.29, 1.82) is 0 Å². The van der Waals surface area contributed by atoms with Crippen molar-refractivity contribution in [2.24, 2.45) is 5.92 Å². The van der Waals surface area contributed by atoms with Crippen molar-refractivity contribution in [3.63, 3.8) is 0 Å². The number of hydrogen-bond donors (Lipinski definition) is 0. The zero-order valence-corrected chi connectivity index (χ0v) is 13.9. The molecule has 1 aliphatic rings. The van der Waals surface area contributed by atoms with Crippen LogP contribution in [-0.4, -0.2) is 28.5 Å². The third-order valence-electron chi connectivity index (χ3n) is 4.90. The molecule has 0 N–H and O–H groups in total. The van der Waals surface area contributed by atoms with Crippen molar-refractivity contribution in [3.05, 3.63) is 36.0 Å². The maximum absolute atomic E-state index is 12.5. The monoisotopic (exact) mass is 298 g/mol. The van der Waals surface area contributed by atoms with Crippen LogP contribution >= 0.6 is 0 Å². The van der Waals surface area contributed by atoms with Crippen molar-refractivity contribution in [2.45, 2.75) is 46.1 Å². The van der Waals surface area contributed by atoms with Gasteiger partial charge >= 0.3 is 0 Å². The Kier molecular flexibility index (Phi) is 4.23. The van der Waals surface area contributed by atoms with E-state index in [1.54, 1.807) is 0 Å². The first-order chi connectivity index (χ1) is 10.5. The minimum atomic E-state index is 0.248. The van der Waals surface area contributed by atoms with Gasteiger partial charge in [-0.3, -0.25) is 4.79 Å². The van der Waals surface area contributed by atoms with Gasteiger partial charge in [0.15, 0.2) is 0 Å². The number of nitrogens with zero attached hydrogens (tertiary/aromatic N) is 2. The Balaban J connectivity index is 1.75. The average Bonchev–Trinajstić information content (AvgIpc) is 2.90. The smallest absolute Gasteiger partial charge is 0.242 e. The largest absolute Gasteiger partial charge is 0.341 e. The Bertz CT molecular complexity index is 663. The van der Waals surface area contributed by atoms with E-state index in [4.69, 9.17) is 0 Å². The number of carbonyl (C=O) groups is 1. The summed E-state index contributed by atoms with van der Waals surface area (Å²) in [4.78, 5) is 14.5. The highest BCUT2D eigenvalue weighted by Crippen LogP contribution is 2.23. The molecule has 0 aliphatic carbocycles. The van der Waals surface area contributed by atoms with E-state index < -0.39 is 0 Å². The van der Waals surface area contributed by atoms with E-state index >= 15 is 0 Å². The third kappa shape index (κ3) is 3.03. The van der Waals surface area contributed by atoms with Gasteiger partial charge in [-0.2, -0.15) is 0 Å². The number of amides is 1. The van der Waals surface area contributed by atoms with Crippen LogP contribution in [-0.2, 0) is 11.3 Å². The number of hydrogen-bond acceptors (Lipinski definition) is 1. The minimum absolute atomic E-state index is 0.248. The van der Waals surface area contributed by atoms with Crippen molar-refractivity contribution in [2.75, 3.05) is 13.1 Å². The van der Waals surface area contributed by atoms with E-state index in [0.29, 0.717) is 12.5 Å². The van der Waals surface area contributed by atoms with Crippen LogP contribution in [0, 0.1) is 5.92 Å². The second kappa shape index (κ2) is 6.15. The lowest BCUT2D eigenvalue weighted by Gasteiger charge is -2.30. The number of aromatic nitrogens is 1. The molecule has 1 aromatic heterocycles. The first kappa shape index (κ1) is 15.1. The molecule has 1 aliphatic heterocycles. The molecule has 22 heavy (non-hydrogen) atoms. The molecule has 1 amide bonds. The van der Waals surface area contributed by atoms with E-state index in [2.05, 4.69) is 49.6 Å². The highest BCUT2D eigenvalue weighted by atomic mass is 16.2. The zero-order valence-electron chi connectivity index (χ0n) is 13.9. The summed E-state index contributed by atoms with van der Waals surface area (Å²) in [7, 11) is 0. The Morgan fingerprint density at radius 2 is 1.95 bits per heavy atom. The molecule has 0 radical (unpaired) electrons. The lowest BCUT2D eigenvalue weighted by molar-refractivity contribution is -0.133. The molecule has 1 aromatic carbocycles. The number of likely N-dealkylation sites (tertiary alicyclic amines) is 1. The van der Waals surface area contributed by atoms with Gasteiger partial charge in [0.2, 0.25) is 5.91 Å². The van der Waals surface area contributed by atoms with E-state index in [9.17, 15) is 4.79 Å². The van der Waals surface area contributed by atoms with Gasteiger partial charge in [-0.05, 0) is 53.8 Å². The number of benzene rings is 1. The van der Waals surface area contributed by atoms with Gasteiger partial charge in [0.05, 0.1) is 0 Å². The molecule has 2 aromatic rings. The summed E-state index contributed by atoms with van der Waals surface area (Å²) >= 11 is 0. The molecule has 2 heterocycles. The van der Waals surface area contributed by atoms with Gasteiger partial charge in [0, 0.05) is 24.8 Å². The standard InChI is InChI=1S/C19H26N2O/c1-14(2)16-4-5-18-17(12-16)8-11-21(18)13-19(22)20-9-6-15(3)7-10-20/h4-5,8,11-12,14-15H,6-7,9-10,13H2,1-3H3. The second-order valence-electron chi connectivity index (χ2n) is 6.98. The summed E-state index contributed by atoms with van der Waals surface area (Å²) in [6, 6.07) is 8.68. The van der Waals surface area contributed by atoms with Gasteiger partial charge in [0.25, 0.3) is 0 Å². The minimum Gasteiger partial charge on any atom is -0.341 e. The fourth-order valence-electron chi connectivity index (χ4n) is 3.22. The molecule has 0 saturated carbocycles. The van der Waals surface area contributed by atoms with Crippen molar-refractivity contribution < 1.29 is 4.79 Å². The predicted molar refractivity (Wildman–Crippen MR) is 91.0 cm³/mol. The lowest BCUT2D eigenvalue weighted by atomic mass is 9.99. The van der Waals surface area contributed by atoms with Crippen LogP contribution < -0.4 is 0 Å². The Hall–Kier alpha value is -1.77. The van der Waals surface area contributed by atoms with E-state index in [0.717, 1.165) is 37.4 Å². The summed E-state index contributed by atoms with van der Waals surface area (Å²) < 4.78 is 2.08. The molecule has 0 unspecified atom stereocenters. The Morgan fingerprint density at radius 1 is 1.23 bits per heavy atom. The molecule has 0 bridgehead atoms. The number of rotatable bonds is 3. The SMILES string of the molecule is CC1CCN(C(=O)Cn2ccc3cc(C(C)C)ccc32)CC1. The number of carbonyl (C=O) groups excluding carboxylic acids is 1. The number of piperidine rings is 1. The molecule has 0 spiro atoms. The van der Waals surface area contributed by atoms with Gasteiger partial charge in [0.1, 0.15) is 6.54 Å². The van der Waals surface area contributed by atoms with Crippen molar-refractivity contribution in [3.8, 4) is 0 Å². The summed E-state index contributed by atoms with van der Waals surface area (Å²) in [5, 5.41) is 1.23. The molecular formula is C19H26N2O. The lowest BCUT2D eigenvalue weighted by Crippen LogP contribution is -2.39. The predicted octanol–water partition coefficient (Wildman–Crippen LogP) is 4.02. The molecular weight excluding hydrogens is 272 g/mol. The van der Waals surface area contributed by atoms with Crippen LogP contribution in [0.25, 0.3) is 10.9 Å². The molecule has 3 rings (SSSR count). The summed E-state index contributed by atoms with van der Waals surface area (Å²) in [6.07, 6.45) is 4.31. The first-order valence-corrected chi connectivity index (χ1v) is 8.41. The van der Waals surface area contributed by atoms with E-state index in [1.165, 1.54) is 10.9 Å². The van der Waals surface area contributed by atoms with E-state index in [1.807, 2.05) is 11.1 Å². The fourth-order valence-corrected chi connectivity index (χ4v) is 3.22. The molecule has 1 saturated heterocycles. The zero-order chi connectivity index (χ0) is 15.7. The van der Waals surface area contributed by atoms with Crippen LogP contribution in [0.15, 0.2) is 30.5 Å². The molecule has 3 heteroatoms.